The molecule has 0 fully saturated rings. The van der Waals surface area contributed by atoms with Crippen LogP contribution in [0.25, 0.3) is 5.69 Å². The fraction of sp³-hybridized carbons (Fsp3) is 0.294. The second kappa shape index (κ2) is 8.02. The minimum Gasteiger partial charge on any atom is -0.355 e. The lowest BCUT2D eigenvalue weighted by Gasteiger charge is -2.16. The molecule has 0 bridgehead atoms. The summed E-state index contributed by atoms with van der Waals surface area (Å²) in [5.74, 6) is -1.13. The number of nitrogens with one attached hydrogen (secondary N) is 2. The number of nitrogens with zero attached hydrogens (tertiary/aromatic N) is 2. The smallest absolute Gasteiger partial charge is 0.355 e. The number of halogens is 3. The van der Waals surface area contributed by atoms with E-state index in [1.54, 1.807) is 0 Å². The highest BCUT2D eigenvalue weighted by Gasteiger charge is 2.34. The Kier molecular flexibility index (Phi) is 5.98. The zero-order chi connectivity index (χ0) is 20.2. The van der Waals surface area contributed by atoms with Gasteiger partial charge in [0.1, 0.15) is 0 Å². The van der Waals surface area contributed by atoms with Crippen molar-refractivity contribution in [1.29, 1.82) is 0 Å². The molecule has 2 amide bonds. The number of aryl methyl sites for hydroxylation is 1. The van der Waals surface area contributed by atoms with Gasteiger partial charge in [0, 0.05) is 31.8 Å². The van der Waals surface area contributed by atoms with Crippen LogP contribution in [0.3, 0.4) is 0 Å². The quantitative estimate of drug-likeness (QED) is 0.765. The van der Waals surface area contributed by atoms with Crippen molar-refractivity contribution in [3.63, 3.8) is 0 Å². The van der Waals surface area contributed by atoms with Crippen LogP contribution in [0.1, 0.15) is 28.7 Å². The Bertz CT molecular complexity index is 922. The van der Waals surface area contributed by atoms with Gasteiger partial charge in [-0.25, -0.2) is 4.68 Å². The molecule has 2 rings (SSSR count). The number of hydrogen-bond acceptors (Lipinski definition) is 4. The van der Waals surface area contributed by atoms with Gasteiger partial charge in [0.05, 0.1) is 11.3 Å². The van der Waals surface area contributed by atoms with Crippen molar-refractivity contribution in [1.82, 2.24) is 20.4 Å². The van der Waals surface area contributed by atoms with E-state index in [0.29, 0.717) is 0 Å². The predicted octanol–water partition coefficient (Wildman–Crippen LogP) is 1.43. The molecule has 1 aromatic carbocycles. The number of amides is 2. The molecular weight excluding hydrogens is 365 g/mol. The summed E-state index contributed by atoms with van der Waals surface area (Å²) >= 11 is 0. The largest absolute Gasteiger partial charge is 0.418 e. The van der Waals surface area contributed by atoms with E-state index in [1.807, 2.05) is 0 Å². The average molecular weight is 382 g/mol. The van der Waals surface area contributed by atoms with Gasteiger partial charge in [0.25, 0.3) is 5.91 Å². The van der Waals surface area contributed by atoms with Crippen LogP contribution in [0.4, 0.5) is 13.2 Å². The number of rotatable bonds is 5. The molecule has 10 heteroatoms. The highest BCUT2D eigenvalue weighted by atomic mass is 19.4. The first-order valence-electron chi connectivity index (χ1n) is 7.91. The molecule has 144 valence electrons. The van der Waals surface area contributed by atoms with Gasteiger partial charge < -0.3 is 10.6 Å². The lowest BCUT2D eigenvalue weighted by atomic mass is 10.1. The number of para-hydroxylation sites is 1. The van der Waals surface area contributed by atoms with Gasteiger partial charge in [-0.15, -0.1) is 0 Å². The summed E-state index contributed by atoms with van der Waals surface area (Å²) < 4.78 is 40.7. The first-order valence-corrected chi connectivity index (χ1v) is 7.91. The third kappa shape index (κ3) is 4.93. The summed E-state index contributed by atoms with van der Waals surface area (Å²) in [6.07, 6.45) is -4.63. The van der Waals surface area contributed by atoms with Crippen molar-refractivity contribution in [2.24, 2.45) is 0 Å². The van der Waals surface area contributed by atoms with E-state index >= 15 is 0 Å². The topological polar surface area (TPSA) is 93.1 Å². The van der Waals surface area contributed by atoms with Crippen molar-refractivity contribution < 1.29 is 22.8 Å². The van der Waals surface area contributed by atoms with E-state index < -0.39 is 28.8 Å². The lowest BCUT2D eigenvalue weighted by molar-refractivity contribution is -0.137. The van der Waals surface area contributed by atoms with Crippen molar-refractivity contribution in [2.45, 2.75) is 20.0 Å². The molecule has 0 radical (unpaired) electrons. The molecule has 0 aliphatic carbocycles. The number of benzene rings is 1. The molecule has 2 N–H and O–H groups in total. The first-order chi connectivity index (χ1) is 12.6. The van der Waals surface area contributed by atoms with E-state index in [4.69, 9.17) is 0 Å². The monoisotopic (exact) mass is 382 g/mol. The second-order valence-electron chi connectivity index (χ2n) is 5.66. The Morgan fingerprint density at radius 1 is 1.15 bits per heavy atom. The van der Waals surface area contributed by atoms with Crippen LogP contribution in [0.15, 0.2) is 35.1 Å². The summed E-state index contributed by atoms with van der Waals surface area (Å²) in [6.45, 7) is 2.89. The van der Waals surface area contributed by atoms with Crippen LogP contribution in [0.5, 0.6) is 0 Å². The maximum atomic E-state index is 13.3. The van der Waals surface area contributed by atoms with Gasteiger partial charge in [0.2, 0.25) is 11.3 Å². The van der Waals surface area contributed by atoms with Gasteiger partial charge >= 0.3 is 6.18 Å². The van der Waals surface area contributed by atoms with E-state index in [2.05, 4.69) is 15.7 Å². The van der Waals surface area contributed by atoms with E-state index in [1.165, 1.54) is 32.0 Å². The van der Waals surface area contributed by atoms with Gasteiger partial charge in [0.15, 0.2) is 5.69 Å². The highest BCUT2D eigenvalue weighted by molar-refractivity contribution is 5.92. The Morgan fingerprint density at radius 2 is 1.78 bits per heavy atom. The molecule has 1 heterocycles. The Labute approximate surface area is 152 Å². The maximum Gasteiger partial charge on any atom is 0.418 e. The van der Waals surface area contributed by atoms with E-state index in [0.717, 1.165) is 16.8 Å². The molecule has 0 aliphatic rings. The number of aromatic nitrogens is 2. The maximum absolute atomic E-state index is 13.3. The molecule has 1 aromatic heterocycles. The normalized spacial score (nSPS) is 11.1. The third-order valence-corrected chi connectivity index (χ3v) is 3.54. The lowest BCUT2D eigenvalue weighted by Crippen LogP contribution is -2.37. The summed E-state index contributed by atoms with van der Waals surface area (Å²) in [7, 11) is 0. The molecule has 0 saturated carbocycles. The molecule has 2 aromatic rings. The van der Waals surface area contributed by atoms with Crippen molar-refractivity contribution in [3.05, 3.63) is 57.5 Å². The molecular formula is C17H17F3N4O3. The highest BCUT2D eigenvalue weighted by Crippen LogP contribution is 2.33. The van der Waals surface area contributed by atoms with Gasteiger partial charge in [-0.3, -0.25) is 14.4 Å². The van der Waals surface area contributed by atoms with Gasteiger partial charge in [-0.05, 0) is 19.1 Å². The molecule has 7 nitrogen and oxygen atoms in total. The van der Waals surface area contributed by atoms with E-state index in [9.17, 15) is 27.6 Å². The Morgan fingerprint density at radius 3 is 2.41 bits per heavy atom. The van der Waals surface area contributed by atoms with E-state index in [-0.39, 0.29) is 30.4 Å². The molecule has 27 heavy (non-hydrogen) atoms. The van der Waals surface area contributed by atoms with Crippen LogP contribution in [-0.4, -0.2) is 34.7 Å². The molecule has 0 atom stereocenters. The van der Waals surface area contributed by atoms with Crippen LogP contribution in [-0.2, 0) is 11.0 Å². The molecule has 0 saturated heterocycles. The van der Waals surface area contributed by atoms with Crippen molar-refractivity contribution in [3.8, 4) is 5.69 Å². The van der Waals surface area contributed by atoms with Crippen molar-refractivity contribution in [2.75, 3.05) is 13.1 Å². The molecule has 0 unspecified atom stereocenters. The Balaban J connectivity index is 2.39. The fourth-order valence-corrected chi connectivity index (χ4v) is 2.34. The number of alkyl halides is 3. The fourth-order valence-electron chi connectivity index (χ4n) is 2.34. The van der Waals surface area contributed by atoms with Crippen LogP contribution >= 0.6 is 0 Å². The number of carbonyl (C=O) groups is 2. The number of hydrogen-bond donors (Lipinski definition) is 2. The summed E-state index contributed by atoms with van der Waals surface area (Å²) in [5.41, 5.74) is -2.35. The van der Waals surface area contributed by atoms with Crippen LogP contribution in [0.2, 0.25) is 0 Å². The summed E-state index contributed by atoms with van der Waals surface area (Å²) in [6, 6.07) is 5.77. The minimum absolute atomic E-state index is 0.0343. The average Bonchev–Trinajstić information content (AvgIpc) is 2.57. The second-order valence-corrected chi connectivity index (χ2v) is 5.66. The molecule has 0 spiro atoms. The summed E-state index contributed by atoms with van der Waals surface area (Å²) in [5, 5.41) is 8.68. The van der Waals surface area contributed by atoms with Crippen LogP contribution < -0.4 is 16.1 Å². The first kappa shape index (κ1) is 20.1. The molecule has 0 aliphatic heterocycles. The standard InChI is InChI=1S/C17H17F3N4O3/c1-10-9-14(26)15(16(27)22-8-7-21-11(2)25)23-24(10)13-6-4-3-5-12(13)17(18,19)20/h3-6,9H,7-8H2,1-2H3,(H,21,25)(H,22,27). The Hall–Kier alpha value is -3.17. The minimum atomic E-state index is -4.63. The SMILES string of the molecule is CC(=O)NCCNC(=O)c1nn(-c2ccccc2C(F)(F)F)c(C)cc1=O. The zero-order valence-corrected chi connectivity index (χ0v) is 14.6. The van der Waals surface area contributed by atoms with Crippen LogP contribution in [0, 0.1) is 6.92 Å². The summed E-state index contributed by atoms with van der Waals surface area (Å²) in [4.78, 5) is 35.0. The van der Waals surface area contributed by atoms with Crippen molar-refractivity contribution >= 4 is 11.8 Å². The zero-order valence-electron chi connectivity index (χ0n) is 14.6. The van der Waals surface area contributed by atoms with Gasteiger partial charge in [-0.2, -0.15) is 18.3 Å². The number of carbonyl (C=O) groups excluding carboxylic acids is 2. The third-order valence-electron chi connectivity index (χ3n) is 3.54. The predicted molar refractivity (Wildman–Crippen MR) is 90.6 cm³/mol. The van der Waals surface area contributed by atoms with Gasteiger partial charge in [-0.1, -0.05) is 12.1 Å².